The highest BCUT2D eigenvalue weighted by Crippen LogP contribution is 2.37. The fourth-order valence-corrected chi connectivity index (χ4v) is 1.99. The highest BCUT2D eigenvalue weighted by Gasteiger charge is 2.11. The second-order valence-corrected chi connectivity index (χ2v) is 4.45. The van der Waals surface area contributed by atoms with Crippen LogP contribution in [-0.4, -0.2) is 24.8 Å². The van der Waals surface area contributed by atoms with Gasteiger partial charge in [0.1, 0.15) is 0 Å². The maximum Gasteiger partial charge on any atom is 0.331 e. The number of ether oxygens (including phenoxy) is 2. The number of carboxylic acid groups (broad SMARTS) is 1. The molecule has 5 heteroatoms. The zero-order chi connectivity index (χ0) is 13.7. The number of methoxy groups -OCH3 is 1. The highest BCUT2D eigenvalue weighted by molar-refractivity contribution is 9.10. The third kappa shape index (κ3) is 3.50. The van der Waals surface area contributed by atoms with E-state index in [1.54, 1.807) is 32.2 Å². The van der Waals surface area contributed by atoms with Gasteiger partial charge in [0.25, 0.3) is 0 Å². The Morgan fingerprint density at radius 2 is 2.17 bits per heavy atom. The molecular formula is C13H15BrO4. The van der Waals surface area contributed by atoms with E-state index in [4.69, 9.17) is 14.6 Å². The van der Waals surface area contributed by atoms with Crippen molar-refractivity contribution in [2.45, 2.75) is 13.8 Å². The lowest BCUT2D eigenvalue weighted by atomic mass is 10.1. The minimum atomic E-state index is -0.945. The van der Waals surface area contributed by atoms with Crippen molar-refractivity contribution < 1.29 is 19.4 Å². The minimum Gasteiger partial charge on any atom is -0.493 e. The number of carboxylic acids is 1. The van der Waals surface area contributed by atoms with Crippen LogP contribution < -0.4 is 9.47 Å². The van der Waals surface area contributed by atoms with Crippen LogP contribution in [0.2, 0.25) is 0 Å². The fraction of sp³-hybridized carbons (Fsp3) is 0.308. The first-order valence-electron chi connectivity index (χ1n) is 5.41. The van der Waals surface area contributed by atoms with Crippen LogP contribution in [0.25, 0.3) is 6.08 Å². The first kappa shape index (κ1) is 14.6. The first-order chi connectivity index (χ1) is 8.49. The summed E-state index contributed by atoms with van der Waals surface area (Å²) >= 11 is 3.39. The summed E-state index contributed by atoms with van der Waals surface area (Å²) in [7, 11) is 1.54. The van der Waals surface area contributed by atoms with Crippen molar-refractivity contribution in [2.24, 2.45) is 0 Å². The number of hydrogen-bond acceptors (Lipinski definition) is 3. The largest absolute Gasteiger partial charge is 0.493 e. The van der Waals surface area contributed by atoms with Gasteiger partial charge in [-0.2, -0.15) is 0 Å². The molecule has 0 saturated heterocycles. The first-order valence-corrected chi connectivity index (χ1v) is 6.20. The summed E-state index contributed by atoms with van der Waals surface area (Å²) in [6, 6.07) is 3.53. The Kier molecular flexibility index (Phi) is 5.22. The smallest absolute Gasteiger partial charge is 0.331 e. The Hall–Kier alpha value is -1.49. The lowest BCUT2D eigenvalue weighted by molar-refractivity contribution is -0.132. The van der Waals surface area contributed by atoms with Crippen LogP contribution in [-0.2, 0) is 4.79 Å². The molecule has 0 saturated carbocycles. The molecule has 0 spiro atoms. The summed E-state index contributed by atoms with van der Waals surface area (Å²) in [6.07, 6.45) is 1.57. The standard InChI is InChI=1S/C13H15BrO4/c1-4-18-12-10(14)6-9(7-11(12)17-3)5-8(2)13(15)16/h5-7H,4H2,1-3H3,(H,15,16). The molecule has 4 nitrogen and oxygen atoms in total. The van der Waals surface area contributed by atoms with E-state index in [2.05, 4.69) is 15.9 Å². The van der Waals surface area contributed by atoms with Gasteiger partial charge in [0.15, 0.2) is 11.5 Å². The van der Waals surface area contributed by atoms with Crippen LogP contribution in [0.3, 0.4) is 0 Å². The Morgan fingerprint density at radius 1 is 1.50 bits per heavy atom. The molecular weight excluding hydrogens is 300 g/mol. The molecule has 1 aromatic carbocycles. The highest BCUT2D eigenvalue weighted by atomic mass is 79.9. The third-order valence-electron chi connectivity index (χ3n) is 2.26. The molecule has 98 valence electrons. The summed E-state index contributed by atoms with van der Waals surface area (Å²) in [4.78, 5) is 10.8. The lowest BCUT2D eigenvalue weighted by Gasteiger charge is -2.12. The Balaban J connectivity index is 3.22. The molecule has 0 aromatic heterocycles. The molecule has 0 atom stereocenters. The summed E-state index contributed by atoms with van der Waals surface area (Å²) in [6.45, 7) is 3.95. The van der Waals surface area contributed by atoms with Crippen molar-refractivity contribution in [3.63, 3.8) is 0 Å². The van der Waals surface area contributed by atoms with E-state index in [0.29, 0.717) is 18.1 Å². The predicted octanol–water partition coefficient (Wildman–Crippen LogP) is 3.34. The molecule has 0 unspecified atom stereocenters. The summed E-state index contributed by atoms with van der Waals surface area (Å²) < 4.78 is 11.4. The molecule has 0 amide bonds. The average Bonchev–Trinajstić information content (AvgIpc) is 2.32. The van der Waals surface area contributed by atoms with Crippen molar-refractivity contribution in [1.29, 1.82) is 0 Å². The number of carbonyl (C=O) groups is 1. The maximum absolute atomic E-state index is 10.8. The Morgan fingerprint density at radius 3 is 2.67 bits per heavy atom. The molecule has 18 heavy (non-hydrogen) atoms. The molecule has 0 bridgehead atoms. The van der Waals surface area contributed by atoms with E-state index in [9.17, 15) is 4.79 Å². The maximum atomic E-state index is 10.8. The molecule has 0 radical (unpaired) electrons. The SMILES string of the molecule is CCOc1c(Br)cc(C=C(C)C(=O)O)cc1OC. The number of benzene rings is 1. The topological polar surface area (TPSA) is 55.8 Å². The van der Waals surface area contributed by atoms with Crippen molar-refractivity contribution in [3.8, 4) is 11.5 Å². The van der Waals surface area contributed by atoms with Crippen LogP contribution in [0, 0.1) is 0 Å². The van der Waals surface area contributed by atoms with Crippen molar-refractivity contribution in [1.82, 2.24) is 0 Å². The summed E-state index contributed by atoms with van der Waals surface area (Å²) in [5, 5.41) is 8.84. The molecule has 0 aliphatic carbocycles. The summed E-state index contributed by atoms with van der Waals surface area (Å²) in [5.41, 5.74) is 0.996. The van der Waals surface area contributed by atoms with E-state index in [-0.39, 0.29) is 5.57 Å². The van der Waals surface area contributed by atoms with E-state index < -0.39 is 5.97 Å². The van der Waals surface area contributed by atoms with Gasteiger partial charge < -0.3 is 14.6 Å². The molecule has 1 rings (SSSR count). The monoisotopic (exact) mass is 314 g/mol. The lowest BCUT2D eigenvalue weighted by Crippen LogP contribution is -1.98. The van der Waals surface area contributed by atoms with Crippen LogP contribution in [0.1, 0.15) is 19.4 Å². The quantitative estimate of drug-likeness (QED) is 0.847. The van der Waals surface area contributed by atoms with Gasteiger partial charge in [0, 0.05) is 5.57 Å². The second kappa shape index (κ2) is 6.44. The predicted molar refractivity (Wildman–Crippen MR) is 73.1 cm³/mol. The van der Waals surface area contributed by atoms with E-state index in [1.165, 1.54) is 0 Å². The summed E-state index contributed by atoms with van der Waals surface area (Å²) in [5.74, 6) is 0.236. The molecule has 1 N–H and O–H groups in total. The van der Waals surface area contributed by atoms with Gasteiger partial charge in [-0.25, -0.2) is 4.79 Å². The van der Waals surface area contributed by atoms with Gasteiger partial charge >= 0.3 is 5.97 Å². The molecule has 0 heterocycles. The van der Waals surface area contributed by atoms with Crippen LogP contribution in [0.15, 0.2) is 22.2 Å². The van der Waals surface area contributed by atoms with Gasteiger partial charge in [0.05, 0.1) is 18.2 Å². The second-order valence-electron chi connectivity index (χ2n) is 3.60. The van der Waals surface area contributed by atoms with Crippen LogP contribution in [0.4, 0.5) is 0 Å². The van der Waals surface area contributed by atoms with Gasteiger partial charge in [-0.3, -0.25) is 0 Å². The van der Waals surface area contributed by atoms with Gasteiger partial charge in [-0.05, 0) is 53.5 Å². The zero-order valence-electron chi connectivity index (χ0n) is 10.5. The minimum absolute atomic E-state index is 0.258. The van der Waals surface area contributed by atoms with Crippen LogP contribution >= 0.6 is 15.9 Å². The molecule has 0 aliphatic rings. The van der Waals surface area contributed by atoms with Gasteiger partial charge in [-0.1, -0.05) is 0 Å². The van der Waals surface area contributed by atoms with Crippen LogP contribution in [0.5, 0.6) is 11.5 Å². The van der Waals surface area contributed by atoms with Crippen molar-refractivity contribution in [2.75, 3.05) is 13.7 Å². The normalized spacial score (nSPS) is 11.2. The third-order valence-corrected chi connectivity index (χ3v) is 2.85. The van der Waals surface area contributed by atoms with Gasteiger partial charge in [-0.15, -0.1) is 0 Å². The van der Waals surface area contributed by atoms with E-state index in [1.807, 2.05) is 6.92 Å². The van der Waals surface area contributed by atoms with Crippen molar-refractivity contribution in [3.05, 3.63) is 27.7 Å². The fourth-order valence-electron chi connectivity index (χ4n) is 1.42. The number of rotatable bonds is 5. The number of halogens is 1. The number of hydrogen-bond donors (Lipinski definition) is 1. The Labute approximate surface area is 114 Å². The van der Waals surface area contributed by atoms with E-state index >= 15 is 0 Å². The average molecular weight is 315 g/mol. The Bertz CT molecular complexity index is 480. The molecule has 1 aromatic rings. The molecule has 0 aliphatic heterocycles. The zero-order valence-corrected chi connectivity index (χ0v) is 12.1. The van der Waals surface area contributed by atoms with Gasteiger partial charge in [0.2, 0.25) is 0 Å². The number of aliphatic carboxylic acids is 1. The van der Waals surface area contributed by atoms with Crippen molar-refractivity contribution >= 4 is 28.0 Å². The molecule has 0 fully saturated rings. The van der Waals surface area contributed by atoms with E-state index in [0.717, 1.165) is 10.0 Å².